The van der Waals surface area contributed by atoms with Gasteiger partial charge in [0.15, 0.2) is 0 Å². The van der Waals surface area contributed by atoms with Crippen LogP contribution in [0.2, 0.25) is 0 Å². The van der Waals surface area contributed by atoms with Gasteiger partial charge in [0.25, 0.3) is 0 Å². The van der Waals surface area contributed by atoms with Crippen molar-refractivity contribution < 1.29 is 24.2 Å². The number of esters is 2. The third-order valence-corrected chi connectivity index (χ3v) is 11.7. The van der Waals surface area contributed by atoms with Crippen molar-refractivity contribution in [1.82, 2.24) is 0 Å². The standard InChI is InChI=1S/C34H50O5/c1-24(2)11-9-18-33-19-10-17-32(4,26-12-5-6-13-26)30(33)27-22-31(3,16-8-7-14-28(35)39-27)34(33,37)20-15-25-21-29(36)38-23-25/h21,24,26-27,30,37H,5-7,9-15,17-20,22-23H2,1-4H3. The summed E-state index contributed by atoms with van der Waals surface area (Å²) < 4.78 is 11.7. The third-order valence-electron chi connectivity index (χ3n) is 11.7. The monoisotopic (exact) mass is 538 g/mol. The first-order valence-electron chi connectivity index (χ1n) is 15.8. The number of hydrogen-bond acceptors (Lipinski definition) is 5. The summed E-state index contributed by atoms with van der Waals surface area (Å²) in [7, 11) is 0. The molecule has 2 aliphatic heterocycles. The Hall–Kier alpha value is -1.80. The summed E-state index contributed by atoms with van der Waals surface area (Å²) in [4.78, 5) is 25.0. The lowest BCUT2D eigenvalue weighted by Crippen LogP contribution is -2.72. The minimum absolute atomic E-state index is 0.0139. The van der Waals surface area contributed by atoms with Gasteiger partial charge in [-0.2, -0.15) is 0 Å². The molecule has 0 aromatic rings. The van der Waals surface area contributed by atoms with E-state index in [-0.39, 0.29) is 29.4 Å². The summed E-state index contributed by atoms with van der Waals surface area (Å²) >= 11 is 0. The molecule has 6 atom stereocenters. The Morgan fingerprint density at radius 1 is 1.10 bits per heavy atom. The van der Waals surface area contributed by atoms with E-state index in [1.165, 1.54) is 25.7 Å². The van der Waals surface area contributed by atoms with Crippen LogP contribution in [0.15, 0.2) is 11.6 Å². The molecule has 216 valence electrons. The largest absolute Gasteiger partial charge is 0.462 e. The fourth-order valence-electron chi connectivity index (χ4n) is 9.90. The van der Waals surface area contributed by atoms with Gasteiger partial charge in [-0.1, -0.05) is 58.8 Å². The van der Waals surface area contributed by atoms with Gasteiger partial charge in [0, 0.05) is 30.3 Å². The highest BCUT2D eigenvalue weighted by Gasteiger charge is 2.72. The number of hydrogen-bond donors (Lipinski definition) is 1. The first-order valence-corrected chi connectivity index (χ1v) is 15.8. The minimum Gasteiger partial charge on any atom is -0.462 e. The van der Waals surface area contributed by atoms with E-state index in [0.717, 1.165) is 44.1 Å². The van der Waals surface area contributed by atoms with Gasteiger partial charge in [-0.15, -0.1) is 5.92 Å². The van der Waals surface area contributed by atoms with Gasteiger partial charge in [0.2, 0.25) is 0 Å². The van der Waals surface area contributed by atoms with E-state index in [2.05, 4.69) is 39.5 Å². The van der Waals surface area contributed by atoms with E-state index in [0.29, 0.717) is 50.5 Å². The van der Waals surface area contributed by atoms with Crippen LogP contribution in [0, 0.1) is 45.8 Å². The maximum Gasteiger partial charge on any atom is 0.331 e. The number of cyclic esters (lactones) is 1. The van der Waals surface area contributed by atoms with Crippen LogP contribution >= 0.6 is 0 Å². The van der Waals surface area contributed by atoms with Gasteiger partial charge in [-0.3, -0.25) is 4.79 Å². The molecule has 5 nitrogen and oxygen atoms in total. The molecule has 5 rings (SSSR count). The zero-order valence-electron chi connectivity index (χ0n) is 24.8. The van der Waals surface area contributed by atoms with Crippen LogP contribution in [0.25, 0.3) is 0 Å². The third kappa shape index (κ3) is 4.98. The molecular formula is C34H50O5. The van der Waals surface area contributed by atoms with Crippen molar-refractivity contribution in [3.8, 4) is 11.8 Å². The molecule has 3 saturated carbocycles. The van der Waals surface area contributed by atoms with Gasteiger partial charge in [-0.25, -0.2) is 4.79 Å². The van der Waals surface area contributed by atoms with E-state index in [9.17, 15) is 14.7 Å². The highest BCUT2D eigenvalue weighted by atomic mass is 16.5. The molecule has 0 saturated heterocycles. The maximum atomic E-state index is 13.4. The lowest BCUT2D eigenvalue weighted by Gasteiger charge is -2.69. The molecule has 0 spiro atoms. The number of rotatable bonds is 8. The van der Waals surface area contributed by atoms with E-state index in [4.69, 9.17) is 9.47 Å². The van der Waals surface area contributed by atoms with E-state index in [1.54, 1.807) is 6.08 Å². The first kappa shape index (κ1) is 28.7. The molecule has 1 N–H and O–H groups in total. The Morgan fingerprint density at radius 3 is 2.56 bits per heavy atom. The van der Waals surface area contributed by atoms with Crippen molar-refractivity contribution >= 4 is 11.9 Å². The number of carbonyl (C=O) groups is 2. The van der Waals surface area contributed by atoms with Crippen molar-refractivity contribution in [3.63, 3.8) is 0 Å². The summed E-state index contributed by atoms with van der Waals surface area (Å²) in [5.74, 6) is 7.75. The Kier molecular flexibility index (Phi) is 8.01. The number of aliphatic hydroxyl groups is 1. The lowest BCUT2D eigenvalue weighted by molar-refractivity contribution is -0.284. The average Bonchev–Trinajstić information content (AvgIpc) is 3.57. The smallest absolute Gasteiger partial charge is 0.331 e. The highest BCUT2D eigenvalue weighted by molar-refractivity contribution is 5.85. The number of ether oxygens (including phenoxy) is 2. The average molecular weight is 539 g/mol. The quantitative estimate of drug-likeness (QED) is 0.269. The summed E-state index contributed by atoms with van der Waals surface area (Å²) in [5.41, 5.74) is -1.19. The minimum atomic E-state index is -1.06. The van der Waals surface area contributed by atoms with Crippen molar-refractivity contribution in [2.45, 2.75) is 136 Å². The van der Waals surface area contributed by atoms with Crippen LogP contribution in [-0.4, -0.2) is 35.4 Å². The second-order valence-corrected chi connectivity index (χ2v) is 14.4. The highest BCUT2D eigenvalue weighted by Crippen LogP contribution is 2.71. The molecular weight excluding hydrogens is 488 g/mol. The zero-order chi connectivity index (χ0) is 27.9. The Morgan fingerprint density at radius 2 is 1.87 bits per heavy atom. The molecule has 5 aliphatic rings. The number of fused-ring (bicyclic) bond motifs is 4. The molecule has 0 aromatic carbocycles. The molecule has 2 heterocycles. The fraction of sp³-hybridized carbons (Fsp3) is 0.824. The van der Waals surface area contributed by atoms with Crippen LogP contribution in [0.4, 0.5) is 0 Å². The summed E-state index contributed by atoms with van der Waals surface area (Å²) in [6, 6.07) is 0. The first-order chi connectivity index (χ1) is 18.5. The van der Waals surface area contributed by atoms with Crippen LogP contribution in [0.3, 0.4) is 0 Å². The van der Waals surface area contributed by atoms with Gasteiger partial charge in [-0.05, 0) is 74.7 Å². The Balaban J connectivity index is 1.66. The van der Waals surface area contributed by atoms with Crippen LogP contribution in [0.1, 0.15) is 124 Å². The van der Waals surface area contributed by atoms with Crippen molar-refractivity contribution in [1.29, 1.82) is 0 Å². The second kappa shape index (κ2) is 10.9. The SMILES string of the molecule is CC(C)CCCC12CCCC(C)(C3CCCC3)C1C1CC(C)(C#CCCC(=O)O1)C2(O)CCC1=CC(=O)OC1. The summed E-state index contributed by atoms with van der Waals surface area (Å²) in [5, 5.41) is 13.4. The van der Waals surface area contributed by atoms with Gasteiger partial charge in [0.05, 0.1) is 17.4 Å². The van der Waals surface area contributed by atoms with Crippen molar-refractivity contribution in [2.24, 2.45) is 34.0 Å². The molecule has 5 heteroatoms. The predicted molar refractivity (Wildman–Crippen MR) is 151 cm³/mol. The maximum absolute atomic E-state index is 13.4. The summed E-state index contributed by atoms with van der Waals surface area (Å²) in [6.45, 7) is 9.49. The predicted octanol–water partition coefficient (Wildman–Crippen LogP) is 6.91. The van der Waals surface area contributed by atoms with Crippen molar-refractivity contribution in [3.05, 3.63) is 11.6 Å². The molecule has 0 amide bonds. The Bertz CT molecular complexity index is 1040. The molecule has 6 unspecified atom stereocenters. The van der Waals surface area contributed by atoms with E-state index >= 15 is 0 Å². The molecule has 0 aromatic heterocycles. The Labute approximate surface area is 235 Å². The lowest BCUT2D eigenvalue weighted by atomic mass is 9.36. The molecule has 0 radical (unpaired) electrons. The van der Waals surface area contributed by atoms with E-state index < -0.39 is 16.4 Å². The van der Waals surface area contributed by atoms with Crippen LogP contribution in [-0.2, 0) is 19.1 Å². The molecule has 3 fully saturated rings. The molecule has 39 heavy (non-hydrogen) atoms. The van der Waals surface area contributed by atoms with Crippen LogP contribution < -0.4 is 0 Å². The second-order valence-electron chi connectivity index (χ2n) is 14.4. The van der Waals surface area contributed by atoms with Gasteiger partial charge >= 0.3 is 11.9 Å². The normalized spacial score (nSPS) is 40.5. The van der Waals surface area contributed by atoms with Gasteiger partial charge < -0.3 is 14.6 Å². The fourth-order valence-corrected chi connectivity index (χ4v) is 9.90. The van der Waals surface area contributed by atoms with Crippen LogP contribution in [0.5, 0.6) is 0 Å². The summed E-state index contributed by atoms with van der Waals surface area (Å²) in [6.07, 6.45) is 15.2. The zero-order valence-corrected chi connectivity index (χ0v) is 24.8. The topological polar surface area (TPSA) is 72.8 Å². The number of carbonyl (C=O) groups excluding carboxylic acids is 2. The van der Waals surface area contributed by atoms with Gasteiger partial charge in [0.1, 0.15) is 12.7 Å². The van der Waals surface area contributed by atoms with Crippen molar-refractivity contribution in [2.75, 3.05) is 6.61 Å². The molecule has 3 aliphatic carbocycles. The van der Waals surface area contributed by atoms with E-state index in [1.807, 2.05) is 0 Å². The molecule has 2 bridgehead atoms.